The number of hydrogen-bond acceptors (Lipinski definition) is 5. The van der Waals surface area contributed by atoms with Crippen LogP contribution in [-0.2, 0) is 9.59 Å². The Kier molecular flexibility index (Phi) is 5.25. The zero-order chi connectivity index (χ0) is 16.3. The highest BCUT2D eigenvalue weighted by Gasteiger charge is 2.31. The average Bonchev–Trinajstić information content (AvgIpc) is 2.69. The molecular formula is C14H10F2NO3S2-. The van der Waals surface area contributed by atoms with Gasteiger partial charge in [-0.15, -0.1) is 0 Å². The van der Waals surface area contributed by atoms with Crippen molar-refractivity contribution in [3.63, 3.8) is 0 Å². The Balaban J connectivity index is 2.13. The maximum absolute atomic E-state index is 13.6. The molecule has 1 aliphatic heterocycles. The minimum atomic E-state index is -1.20. The number of rotatable bonds is 5. The molecule has 22 heavy (non-hydrogen) atoms. The van der Waals surface area contributed by atoms with Crippen LogP contribution < -0.4 is 5.11 Å². The van der Waals surface area contributed by atoms with Gasteiger partial charge in [-0.25, -0.2) is 8.78 Å². The van der Waals surface area contributed by atoms with Gasteiger partial charge in [-0.3, -0.25) is 9.69 Å². The molecule has 0 spiro atoms. The monoisotopic (exact) mass is 342 g/mol. The first-order chi connectivity index (χ1) is 10.4. The van der Waals surface area contributed by atoms with E-state index in [0.717, 1.165) is 23.9 Å². The molecule has 0 unspecified atom stereocenters. The molecule has 0 atom stereocenters. The Morgan fingerprint density at radius 2 is 2.14 bits per heavy atom. The molecule has 1 heterocycles. The van der Waals surface area contributed by atoms with Crippen LogP contribution in [0.4, 0.5) is 8.78 Å². The van der Waals surface area contributed by atoms with E-state index in [1.54, 1.807) is 0 Å². The van der Waals surface area contributed by atoms with E-state index in [2.05, 4.69) is 0 Å². The molecular weight excluding hydrogens is 332 g/mol. The Hall–Kier alpha value is -1.80. The molecule has 0 radical (unpaired) electrons. The van der Waals surface area contributed by atoms with Gasteiger partial charge >= 0.3 is 0 Å². The predicted molar refractivity (Wildman–Crippen MR) is 80.5 cm³/mol. The number of benzene rings is 1. The van der Waals surface area contributed by atoms with E-state index in [-0.39, 0.29) is 34.2 Å². The highest BCUT2D eigenvalue weighted by molar-refractivity contribution is 8.26. The standard InChI is InChI=1S/C14H11F2NO3S2/c15-9-4-3-8(10(16)7-9)6-11-13(20)17(14(21)22-11)5-1-2-12(18)19/h3-4,6-7H,1-2,5H2,(H,18,19)/p-1/b11-6+. The van der Waals surface area contributed by atoms with Crippen LogP contribution in [0.3, 0.4) is 0 Å². The van der Waals surface area contributed by atoms with Crippen LogP contribution in [0.1, 0.15) is 18.4 Å². The summed E-state index contributed by atoms with van der Waals surface area (Å²) in [5.74, 6) is -3.10. The van der Waals surface area contributed by atoms with Crippen LogP contribution in [0.25, 0.3) is 6.08 Å². The Morgan fingerprint density at radius 1 is 1.41 bits per heavy atom. The molecule has 0 N–H and O–H groups in total. The molecule has 0 aliphatic carbocycles. The molecule has 1 aromatic rings. The summed E-state index contributed by atoms with van der Waals surface area (Å²) in [6, 6.07) is 3.05. The topological polar surface area (TPSA) is 60.4 Å². The van der Waals surface area contributed by atoms with E-state index >= 15 is 0 Å². The van der Waals surface area contributed by atoms with E-state index in [1.165, 1.54) is 17.0 Å². The third-order valence-electron chi connectivity index (χ3n) is 2.89. The minimum Gasteiger partial charge on any atom is -0.550 e. The zero-order valence-electron chi connectivity index (χ0n) is 11.2. The summed E-state index contributed by atoms with van der Waals surface area (Å²) in [4.78, 5) is 24.0. The Labute approximate surface area is 134 Å². The van der Waals surface area contributed by atoms with E-state index in [4.69, 9.17) is 12.2 Å². The molecule has 1 amide bonds. The molecule has 4 nitrogen and oxygen atoms in total. The summed E-state index contributed by atoms with van der Waals surface area (Å²) in [7, 11) is 0. The minimum absolute atomic E-state index is 0.0802. The Morgan fingerprint density at radius 3 is 2.77 bits per heavy atom. The second-order valence-corrected chi connectivity index (χ2v) is 6.15. The van der Waals surface area contributed by atoms with E-state index < -0.39 is 23.5 Å². The number of carboxylic acid groups (broad SMARTS) is 1. The van der Waals surface area contributed by atoms with Crippen molar-refractivity contribution in [1.82, 2.24) is 4.90 Å². The molecule has 0 aromatic heterocycles. The molecule has 2 rings (SSSR count). The van der Waals surface area contributed by atoms with Crippen LogP contribution in [0.5, 0.6) is 0 Å². The fraction of sp³-hybridized carbons (Fsp3) is 0.214. The molecule has 116 valence electrons. The van der Waals surface area contributed by atoms with E-state index in [0.29, 0.717) is 0 Å². The van der Waals surface area contributed by atoms with Crippen LogP contribution in [0.15, 0.2) is 23.1 Å². The van der Waals surface area contributed by atoms with Crippen molar-refractivity contribution >= 4 is 46.3 Å². The van der Waals surface area contributed by atoms with Crippen molar-refractivity contribution in [3.05, 3.63) is 40.3 Å². The van der Waals surface area contributed by atoms with Gasteiger partial charge < -0.3 is 9.90 Å². The first-order valence-corrected chi connectivity index (χ1v) is 7.51. The van der Waals surface area contributed by atoms with Crippen molar-refractivity contribution in [2.75, 3.05) is 6.54 Å². The van der Waals surface area contributed by atoms with Gasteiger partial charge in [0.25, 0.3) is 5.91 Å². The van der Waals surface area contributed by atoms with Gasteiger partial charge in [0.15, 0.2) is 0 Å². The normalized spacial score (nSPS) is 16.6. The maximum atomic E-state index is 13.6. The lowest BCUT2D eigenvalue weighted by molar-refractivity contribution is -0.305. The number of thioether (sulfide) groups is 1. The second kappa shape index (κ2) is 6.97. The van der Waals surface area contributed by atoms with E-state index in [9.17, 15) is 23.5 Å². The van der Waals surface area contributed by atoms with Crippen molar-refractivity contribution in [1.29, 1.82) is 0 Å². The highest BCUT2D eigenvalue weighted by Crippen LogP contribution is 2.33. The van der Waals surface area contributed by atoms with Gasteiger partial charge in [0.1, 0.15) is 16.0 Å². The number of nitrogens with zero attached hydrogens (tertiary/aromatic N) is 1. The quantitative estimate of drug-likeness (QED) is 0.602. The molecule has 1 aromatic carbocycles. The number of aliphatic carboxylic acids is 1. The third kappa shape index (κ3) is 3.89. The third-order valence-corrected chi connectivity index (χ3v) is 4.26. The number of amides is 1. The fourth-order valence-corrected chi connectivity index (χ4v) is 3.13. The first-order valence-electron chi connectivity index (χ1n) is 6.29. The predicted octanol–water partition coefficient (Wildman–Crippen LogP) is 1.70. The van der Waals surface area contributed by atoms with Crippen molar-refractivity contribution in [2.45, 2.75) is 12.8 Å². The second-order valence-electron chi connectivity index (χ2n) is 4.47. The number of carbonyl (C=O) groups is 2. The summed E-state index contributed by atoms with van der Waals surface area (Å²) in [6.45, 7) is 0.155. The summed E-state index contributed by atoms with van der Waals surface area (Å²) < 4.78 is 26.7. The largest absolute Gasteiger partial charge is 0.550 e. The lowest BCUT2D eigenvalue weighted by Gasteiger charge is -2.14. The number of hydrogen-bond donors (Lipinski definition) is 0. The molecule has 1 aliphatic rings. The lowest BCUT2D eigenvalue weighted by Crippen LogP contribution is -2.30. The van der Waals surface area contributed by atoms with E-state index in [1.807, 2.05) is 0 Å². The van der Waals surface area contributed by atoms with Crippen LogP contribution in [0, 0.1) is 11.6 Å². The summed E-state index contributed by atoms with van der Waals surface area (Å²) in [5, 5.41) is 10.4. The smallest absolute Gasteiger partial charge is 0.266 e. The maximum Gasteiger partial charge on any atom is 0.266 e. The van der Waals surface area contributed by atoms with Crippen molar-refractivity contribution < 1.29 is 23.5 Å². The zero-order valence-corrected chi connectivity index (χ0v) is 12.8. The van der Waals surface area contributed by atoms with Gasteiger partial charge in [-0.1, -0.05) is 24.0 Å². The van der Waals surface area contributed by atoms with Gasteiger partial charge in [0.2, 0.25) is 0 Å². The fourth-order valence-electron chi connectivity index (χ4n) is 1.83. The number of halogens is 2. The molecule has 0 saturated carbocycles. The molecule has 8 heteroatoms. The van der Waals surface area contributed by atoms with Gasteiger partial charge in [-0.05, 0) is 31.1 Å². The summed E-state index contributed by atoms with van der Waals surface area (Å²) in [6.07, 6.45) is 1.34. The highest BCUT2D eigenvalue weighted by atomic mass is 32.2. The Bertz CT molecular complexity index is 676. The SMILES string of the molecule is O=C([O-])CCCN1C(=O)/C(=C\c2ccc(F)cc2F)SC1=S. The first kappa shape index (κ1) is 16.6. The summed E-state index contributed by atoms with van der Waals surface area (Å²) in [5.41, 5.74) is 0.0802. The average molecular weight is 342 g/mol. The summed E-state index contributed by atoms with van der Waals surface area (Å²) >= 11 is 6.05. The molecule has 1 fully saturated rings. The molecule has 1 saturated heterocycles. The van der Waals surface area contributed by atoms with Crippen LogP contribution in [-0.4, -0.2) is 27.6 Å². The van der Waals surface area contributed by atoms with Crippen LogP contribution in [0.2, 0.25) is 0 Å². The van der Waals surface area contributed by atoms with Gasteiger partial charge in [0.05, 0.1) is 4.91 Å². The lowest BCUT2D eigenvalue weighted by atomic mass is 10.2. The van der Waals surface area contributed by atoms with Crippen LogP contribution >= 0.6 is 24.0 Å². The number of thiocarbonyl (C=S) groups is 1. The van der Waals surface area contributed by atoms with Gasteiger partial charge in [0, 0.05) is 24.1 Å². The number of carbonyl (C=O) groups excluding carboxylic acids is 2. The molecule has 0 bridgehead atoms. The number of carboxylic acids is 1. The van der Waals surface area contributed by atoms with Gasteiger partial charge in [-0.2, -0.15) is 0 Å². The van der Waals surface area contributed by atoms with Crippen molar-refractivity contribution in [3.8, 4) is 0 Å². The van der Waals surface area contributed by atoms with Crippen molar-refractivity contribution in [2.24, 2.45) is 0 Å².